The van der Waals surface area contributed by atoms with Gasteiger partial charge in [0.05, 0.1) is 28.4 Å². The molecule has 0 bridgehead atoms. The molecule has 0 fully saturated rings. The van der Waals surface area contributed by atoms with Crippen molar-refractivity contribution in [2.45, 2.75) is 11.4 Å². The predicted octanol–water partition coefficient (Wildman–Crippen LogP) is 1.11. The van der Waals surface area contributed by atoms with Crippen molar-refractivity contribution in [2.75, 3.05) is 5.73 Å². The van der Waals surface area contributed by atoms with E-state index in [1.165, 1.54) is 17.4 Å². The largest absolute Gasteiger partial charge is 0.398 e. The van der Waals surface area contributed by atoms with Crippen LogP contribution >= 0.6 is 11.3 Å². The predicted molar refractivity (Wildman–Crippen MR) is 73.6 cm³/mol. The zero-order valence-corrected chi connectivity index (χ0v) is 11.6. The molecule has 20 heavy (non-hydrogen) atoms. The maximum absolute atomic E-state index is 12.1. The third-order valence-corrected chi connectivity index (χ3v) is 4.52. The van der Waals surface area contributed by atoms with E-state index in [0.717, 1.165) is 12.1 Å². The summed E-state index contributed by atoms with van der Waals surface area (Å²) in [7, 11) is -3.94. The molecule has 0 saturated carbocycles. The highest BCUT2D eigenvalue weighted by Crippen LogP contribution is 2.24. The van der Waals surface area contributed by atoms with E-state index < -0.39 is 14.9 Å². The van der Waals surface area contributed by atoms with Gasteiger partial charge in [0.1, 0.15) is 4.90 Å². The molecule has 0 unspecified atom stereocenters. The zero-order chi connectivity index (χ0) is 14.8. The van der Waals surface area contributed by atoms with E-state index in [9.17, 15) is 18.5 Å². The Morgan fingerprint density at radius 2 is 2.20 bits per heavy atom. The quantitative estimate of drug-likeness (QED) is 0.483. The van der Waals surface area contributed by atoms with Crippen LogP contribution in [0, 0.1) is 10.1 Å². The lowest BCUT2D eigenvalue weighted by atomic mass is 10.3. The molecule has 0 saturated heterocycles. The van der Waals surface area contributed by atoms with Crippen LogP contribution in [0.5, 0.6) is 0 Å². The van der Waals surface area contributed by atoms with Gasteiger partial charge in [-0.3, -0.25) is 10.1 Å². The fourth-order valence-corrected chi connectivity index (χ4v) is 3.15. The monoisotopic (exact) mass is 314 g/mol. The highest BCUT2D eigenvalue weighted by atomic mass is 32.2. The number of rotatable bonds is 5. The Bertz CT molecular complexity index is 728. The van der Waals surface area contributed by atoms with E-state index in [1.54, 1.807) is 10.9 Å². The van der Waals surface area contributed by atoms with Crippen molar-refractivity contribution in [3.63, 3.8) is 0 Å². The van der Waals surface area contributed by atoms with Gasteiger partial charge in [-0.1, -0.05) is 0 Å². The molecule has 3 N–H and O–H groups in total. The van der Waals surface area contributed by atoms with Crippen LogP contribution in [0.15, 0.2) is 34.0 Å². The fraction of sp³-hybridized carbons (Fsp3) is 0.100. The number of nitro benzene ring substituents is 1. The highest BCUT2D eigenvalue weighted by molar-refractivity contribution is 7.89. The summed E-state index contributed by atoms with van der Waals surface area (Å²) in [5.74, 6) is 0. The van der Waals surface area contributed by atoms with Gasteiger partial charge in [0.2, 0.25) is 10.0 Å². The molecule has 1 aromatic carbocycles. The third kappa shape index (κ3) is 3.10. The van der Waals surface area contributed by atoms with Gasteiger partial charge in [-0.2, -0.15) is 0 Å². The second-order valence-corrected chi connectivity index (χ2v) is 6.24. The van der Waals surface area contributed by atoms with Gasteiger partial charge in [0, 0.05) is 17.5 Å². The third-order valence-electron chi connectivity index (χ3n) is 2.42. The Labute approximate surface area is 118 Å². The molecule has 10 heteroatoms. The average molecular weight is 314 g/mol. The van der Waals surface area contributed by atoms with Crippen LogP contribution in [0.25, 0.3) is 0 Å². The molecule has 1 heterocycles. The first-order valence-electron chi connectivity index (χ1n) is 5.31. The van der Waals surface area contributed by atoms with Crippen LogP contribution in [0.2, 0.25) is 0 Å². The number of non-ortho nitro benzene ring substituents is 1. The normalized spacial score (nSPS) is 11.4. The molecule has 1 aromatic heterocycles. The summed E-state index contributed by atoms with van der Waals surface area (Å²) >= 11 is 1.34. The molecular formula is C10H10N4O4S2. The lowest BCUT2D eigenvalue weighted by Crippen LogP contribution is -2.24. The molecule has 0 spiro atoms. The van der Waals surface area contributed by atoms with Gasteiger partial charge in [-0.15, -0.1) is 11.3 Å². The summed E-state index contributed by atoms with van der Waals surface area (Å²) in [6.07, 6.45) is 0. The first-order valence-corrected chi connectivity index (χ1v) is 7.73. The molecule has 106 valence electrons. The van der Waals surface area contributed by atoms with E-state index in [-0.39, 0.29) is 22.8 Å². The van der Waals surface area contributed by atoms with E-state index in [1.807, 2.05) is 0 Å². The summed E-state index contributed by atoms with van der Waals surface area (Å²) in [6.45, 7) is -0.00599. The topological polar surface area (TPSA) is 128 Å². The summed E-state index contributed by atoms with van der Waals surface area (Å²) in [5, 5.41) is 12.4. The minimum atomic E-state index is -3.94. The van der Waals surface area contributed by atoms with Gasteiger partial charge in [0.15, 0.2) is 0 Å². The van der Waals surface area contributed by atoms with Gasteiger partial charge in [0.25, 0.3) is 5.69 Å². The van der Waals surface area contributed by atoms with Gasteiger partial charge >= 0.3 is 0 Å². The molecule has 0 radical (unpaired) electrons. The second-order valence-electron chi connectivity index (χ2n) is 3.78. The van der Waals surface area contributed by atoms with Crippen LogP contribution in [0.3, 0.4) is 0 Å². The molecule has 0 aliphatic heterocycles. The molecule has 0 amide bonds. The summed E-state index contributed by atoms with van der Waals surface area (Å²) in [6, 6.07) is 3.27. The van der Waals surface area contributed by atoms with E-state index >= 15 is 0 Å². The number of sulfonamides is 1. The van der Waals surface area contributed by atoms with E-state index in [0.29, 0.717) is 5.69 Å². The number of nitrogens with one attached hydrogen (secondary N) is 1. The highest BCUT2D eigenvalue weighted by Gasteiger charge is 2.21. The maximum atomic E-state index is 12.1. The first kappa shape index (κ1) is 14.4. The molecule has 2 rings (SSSR count). The Hall–Kier alpha value is -2.04. The van der Waals surface area contributed by atoms with Crippen molar-refractivity contribution in [3.8, 4) is 0 Å². The smallest absolute Gasteiger partial charge is 0.270 e. The van der Waals surface area contributed by atoms with Crippen molar-refractivity contribution < 1.29 is 13.3 Å². The van der Waals surface area contributed by atoms with Gasteiger partial charge in [-0.05, 0) is 6.07 Å². The lowest BCUT2D eigenvalue weighted by molar-refractivity contribution is -0.385. The average Bonchev–Trinajstić information content (AvgIpc) is 2.89. The standard InChI is InChI=1S/C10H10N4O4S2/c11-9-2-1-8(14(15)16)3-10(9)20(17,18)13-4-7-5-19-6-12-7/h1-3,5-6,13H,4,11H2. The molecule has 2 aromatic rings. The van der Waals surface area contributed by atoms with Crippen LogP contribution < -0.4 is 10.5 Å². The maximum Gasteiger partial charge on any atom is 0.270 e. The number of hydrogen-bond donors (Lipinski definition) is 2. The summed E-state index contributed by atoms with van der Waals surface area (Å²) in [5.41, 5.74) is 7.31. The molecule has 8 nitrogen and oxygen atoms in total. The number of anilines is 1. The van der Waals surface area contributed by atoms with Gasteiger partial charge in [-0.25, -0.2) is 18.1 Å². The molecule has 0 aliphatic rings. The number of nitrogens with two attached hydrogens (primary N) is 1. The minimum absolute atomic E-state index is 0.00599. The van der Waals surface area contributed by atoms with Crippen LogP contribution in [0.4, 0.5) is 11.4 Å². The van der Waals surface area contributed by atoms with Crippen LogP contribution in [-0.2, 0) is 16.6 Å². The molecule has 0 aliphatic carbocycles. The Balaban J connectivity index is 2.28. The zero-order valence-electron chi connectivity index (χ0n) is 10.0. The van der Waals surface area contributed by atoms with Crippen molar-refractivity contribution in [1.29, 1.82) is 0 Å². The van der Waals surface area contributed by atoms with Crippen LogP contribution in [0.1, 0.15) is 5.69 Å². The van der Waals surface area contributed by atoms with Crippen molar-refractivity contribution in [2.24, 2.45) is 0 Å². The Morgan fingerprint density at radius 1 is 1.45 bits per heavy atom. The number of benzene rings is 1. The van der Waals surface area contributed by atoms with Crippen LogP contribution in [-0.4, -0.2) is 18.3 Å². The summed E-state index contributed by atoms with van der Waals surface area (Å²) in [4.78, 5) is 13.6. The molecular weight excluding hydrogens is 304 g/mol. The first-order chi connectivity index (χ1) is 9.40. The summed E-state index contributed by atoms with van der Waals surface area (Å²) < 4.78 is 26.5. The van der Waals surface area contributed by atoms with Crippen molar-refractivity contribution in [1.82, 2.24) is 9.71 Å². The number of hydrogen-bond acceptors (Lipinski definition) is 7. The number of nitrogen functional groups attached to an aromatic ring is 1. The van der Waals surface area contributed by atoms with Crippen molar-refractivity contribution in [3.05, 3.63) is 44.9 Å². The van der Waals surface area contributed by atoms with Gasteiger partial charge < -0.3 is 5.73 Å². The Morgan fingerprint density at radius 3 is 2.80 bits per heavy atom. The van der Waals surface area contributed by atoms with E-state index in [4.69, 9.17) is 5.73 Å². The Kier molecular flexibility index (Phi) is 3.97. The van der Waals surface area contributed by atoms with Crippen molar-refractivity contribution >= 4 is 32.7 Å². The number of aromatic nitrogens is 1. The number of nitro groups is 1. The second kappa shape index (κ2) is 5.53. The minimum Gasteiger partial charge on any atom is -0.398 e. The fourth-order valence-electron chi connectivity index (χ4n) is 1.44. The molecule has 0 atom stereocenters. The SMILES string of the molecule is Nc1ccc([N+](=O)[O-])cc1S(=O)(=O)NCc1cscn1. The number of thiazole rings is 1. The van der Waals surface area contributed by atoms with E-state index in [2.05, 4.69) is 9.71 Å². The lowest BCUT2D eigenvalue weighted by Gasteiger charge is -2.08. The number of nitrogens with zero attached hydrogens (tertiary/aromatic N) is 2.